The monoisotopic (exact) mass is 306 g/mol. The number of methoxy groups -OCH3 is 1. The van der Waals surface area contributed by atoms with E-state index in [1.807, 2.05) is 13.8 Å². The first-order valence-corrected chi connectivity index (χ1v) is 7.25. The van der Waals surface area contributed by atoms with Gasteiger partial charge in [-0.25, -0.2) is 0 Å². The lowest BCUT2D eigenvalue weighted by molar-refractivity contribution is 0.0685. The minimum absolute atomic E-state index is 0.149. The first kappa shape index (κ1) is 14.6. The minimum Gasteiger partial charge on any atom is -0.479 e. The average Bonchev–Trinajstić information content (AvgIpc) is 3.24. The normalized spacial score (nSPS) is 18.2. The highest BCUT2D eigenvalue weighted by atomic mass is 16.5. The summed E-state index contributed by atoms with van der Waals surface area (Å²) in [5, 5.41) is 7.67. The van der Waals surface area contributed by atoms with Crippen molar-refractivity contribution in [2.45, 2.75) is 38.6 Å². The molecule has 0 saturated carbocycles. The third-order valence-corrected chi connectivity index (χ3v) is 3.67. The fourth-order valence-corrected chi connectivity index (χ4v) is 2.49. The summed E-state index contributed by atoms with van der Waals surface area (Å²) in [5.74, 6) is 1.47. The number of carbonyl (C=O) groups excluding carboxylic acids is 1. The Bertz CT molecular complexity index is 663. The smallest absolute Gasteiger partial charge is 0.293 e. The molecule has 1 amide bonds. The first-order valence-electron chi connectivity index (χ1n) is 7.25. The summed E-state index contributed by atoms with van der Waals surface area (Å²) in [7, 11) is 1.47. The topological polar surface area (TPSA) is 94.5 Å². The zero-order valence-corrected chi connectivity index (χ0v) is 12.8. The van der Waals surface area contributed by atoms with Crippen LogP contribution in [0.2, 0.25) is 0 Å². The molecule has 0 bridgehead atoms. The van der Waals surface area contributed by atoms with Crippen LogP contribution in [0.5, 0.6) is 5.88 Å². The standard InChI is InChI=1S/C14H18N4O4/c1-8(2)13-15-12(17-22-13)9-5-4-6-18(9)14(19)10-7-11(20-3)16-21-10/h7-9H,4-6H2,1-3H3/t9-/m1/s1. The van der Waals surface area contributed by atoms with E-state index in [1.165, 1.54) is 13.2 Å². The molecule has 8 heteroatoms. The number of nitrogens with zero attached hydrogens (tertiary/aromatic N) is 4. The lowest BCUT2D eigenvalue weighted by Gasteiger charge is -2.20. The van der Waals surface area contributed by atoms with Crippen LogP contribution in [-0.4, -0.2) is 39.8 Å². The maximum Gasteiger partial charge on any atom is 0.293 e. The van der Waals surface area contributed by atoms with Gasteiger partial charge in [-0.2, -0.15) is 4.98 Å². The molecule has 118 valence electrons. The molecule has 1 saturated heterocycles. The largest absolute Gasteiger partial charge is 0.479 e. The molecule has 1 atom stereocenters. The van der Waals surface area contributed by atoms with E-state index in [0.29, 0.717) is 18.3 Å². The van der Waals surface area contributed by atoms with Crippen LogP contribution in [0.15, 0.2) is 15.1 Å². The number of carbonyl (C=O) groups is 1. The molecule has 0 radical (unpaired) electrons. The number of aromatic nitrogens is 3. The third-order valence-electron chi connectivity index (χ3n) is 3.67. The number of likely N-dealkylation sites (tertiary alicyclic amines) is 1. The molecule has 0 N–H and O–H groups in total. The van der Waals surface area contributed by atoms with E-state index in [-0.39, 0.29) is 29.5 Å². The molecule has 22 heavy (non-hydrogen) atoms. The Balaban J connectivity index is 1.81. The van der Waals surface area contributed by atoms with Gasteiger partial charge in [0.25, 0.3) is 11.8 Å². The van der Waals surface area contributed by atoms with Gasteiger partial charge in [0.1, 0.15) is 0 Å². The van der Waals surface area contributed by atoms with Crippen molar-refractivity contribution in [3.63, 3.8) is 0 Å². The fraction of sp³-hybridized carbons (Fsp3) is 0.571. The fourth-order valence-electron chi connectivity index (χ4n) is 2.49. The zero-order chi connectivity index (χ0) is 15.7. The molecule has 8 nitrogen and oxygen atoms in total. The van der Waals surface area contributed by atoms with Crippen molar-refractivity contribution < 1.29 is 18.6 Å². The summed E-state index contributed by atoms with van der Waals surface area (Å²) in [6.07, 6.45) is 1.68. The van der Waals surface area contributed by atoms with Crippen LogP contribution in [0.25, 0.3) is 0 Å². The van der Waals surface area contributed by atoms with Gasteiger partial charge in [0.15, 0.2) is 5.82 Å². The van der Waals surface area contributed by atoms with E-state index < -0.39 is 0 Å². The summed E-state index contributed by atoms with van der Waals surface area (Å²) < 4.78 is 15.2. The second kappa shape index (κ2) is 5.78. The highest BCUT2D eigenvalue weighted by molar-refractivity contribution is 5.92. The van der Waals surface area contributed by atoms with E-state index in [4.69, 9.17) is 13.8 Å². The van der Waals surface area contributed by atoms with Crippen LogP contribution in [0.1, 0.15) is 60.9 Å². The number of ether oxygens (including phenoxy) is 1. The highest BCUT2D eigenvalue weighted by Gasteiger charge is 2.35. The molecule has 3 heterocycles. The summed E-state index contributed by atoms with van der Waals surface area (Å²) in [4.78, 5) is 18.6. The maximum absolute atomic E-state index is 12.6. The minimum atomic E-state index is -0.241. The average molecular weight is 306 g/mol. The number of rotatable bonds is 4. The van der Waals surface area contributed by atoms with E-state index in [9.17, 15) is 4.79 Å². The van der Waals surface area contributed by atoms with Gasteiger partial charge in [-0.3, -0.25) is 4.79 Å². The Labute approximate surface area is 127 Å². The molecule has 1 aliphatic heterocycles. The van der Waals surface area contributed by atoms with E-state index >= 15 is 0 Å². The van der Waals surface area contributed by atoms with Gasteiger partial charge in [0.05, 0.1) is 19.2 Å². The van der Waals surface area contributed by atoms with Crippen LogP contribution in [0, 0.1) is 0 Å². The summed E-state index contributed by atoms with van der Waals surface area (Å²) in [6, 6.07) is 1.29. The molecule has 2 aromatic heterocycles. The van der Waals surface area contributed by atoms with E-state index in [1.54, 1.807) is 4.90 Å². The van der Waals surface area contributed by atoms with Gasteiger partial charge in [-0.05, 0) is 18.0 Å². The predicted octanol–water partition coefficient (Wildman–Crippen LogP) is 2.17. The van der Waals surface area contributed by atoms with Crippen molar-refractivity contribution in [2.75, 3.05) is 13.7 Å². The molecule has 2 aromatic rings. The van der Waals surface area contributed by atoms with Gasteiger partial charge in [0.2, 0.25) is 11.7 Å². The Hall–Kier alpha value is -2.38. The molecular weight excluding hydrogens is 288 g/mol. The molecule has 1 aliphatic rings. The second-order valence-electron chi connectivity index (χ2n) is 5.54. The Morgan fingerprint density at radius 3 is 2.86 bits per heavy atom. The summed E-state index contributed by atoms with van der Waals surface area (Å²) >= 11 is 0. The SMILES string of the molecule is COc1cc(C(=O)N2CCC[C@@H]2c2noc(C(C)C)n2)on1. The number of hydrogen-bond acceptors (Lipinski definition) is 7. The quantitative estimate of drug-likeness (QED) is 0.854. The molecule has 0 aliphatic carbocycles. The third kappa shape index (κ3) is 2.56. The molecular formula is C14H18N4O4. The van der Waals surface area contributed by atoms with Crippen molar-refractivity contribution in [3.05, 3.63) is 23.5 Å². The van der Waals surface area contributed by atoms with Crippen LogP contribution >= 0.6 is 0 Å². The Morgan fingerprint density at radius 2 is 2.23 bits per heavy atom. The lowest BCUT2D eigenvalue weighted by atomic mass is 10.2. The van der Waals surface area contributed by atoms with Crippen molar-refractivity contribution in [1.29, 1.82) is 0 Å². The highest BCUT2D eigenvalue weighted by Crippen LogP contribution is 2.32. The van der Waals surface area contributed by atoms with E-state index in [2.05, 4.69) is 15.3 Å². The van der Waals surface area contributed by atoms with Crippen molar-refractivity contribution in [2.24, 2.45) is 0 Å². The van der Waals surface area contributed by atoms with Gasteiger partial charge in [-0.15, -0.1) is 0 Å². The van der Waals surface area contributed by atoms with Gasteiger partial charge < -0.3 is 18.7 Å². The van der Waals surface area contributed by atoms with Crippen molar-refractivity contribution in [1.82, 2.24) is 20.2 Å². The van der Waals surface area contributed by atoms with Crippen molar-refractivity contribution >= 4 is 5.91 Å². The lowest BCUT2D eigenvalue weighted by Crippen LogP contribution is -2.30. The number of hydrogen-bond donors (Lipinski definition) is 0. The maximum atomic E-state index is 12.6. The van der Waals surface area contributed by atoms with Crippen LogP contribution < -0.4 is 4.74 Å². The van der Waals surface area contributed by atoms with Gasteiger partial charge in [0, 0.05) is 12.5 Å². The molecule has 3 rings (SSSR count). The van der Waals surface area contributed by atoms with Gasteiger partial charge >= 0.3 is 0 Å². The van der Waals surface area contributed by atoms with E-state index in [0.717, 1.165) is 12.8 Å². The summed E-state index contributed by atoms with van der Waals surface area (Å²) in [6.45, 7) is 4.59. The summed E-state index contributed by atoms with van der Waals surface area (Å²) in [5.41, 5.74) is 0. The zero-order valence-electron chi connectivity index (χ0n) is 12.8. The van der Waals surface area contributed by atoms with Crippen LogP contribution in [-0.2, 0) is 0 Å². The molecule has 0 spiro atoms. The number of amides is 1. The Kier molecular flexibility index (Phi) is 3.82. The van der Waals surface area contributed by atoms with Crippen molar-refractivity contribution in [3.8, 4) is 5.88 Å². The predicted molar refractivity (Wildman–Crippen MR) is 74.5 cm³/mol. The molecule has 0 aromatic carbocycles. The van der Waals surface area contributed by atoms with Gasteiger partial charge in [-0.1, -0.05) is 19.0 Å². The first-order chi connectivity index (χ1) is 10.6. The molecule has 1 fully saturated rings. The Morgan fingerprint density at radius 1 is 1.41 bits per heavy atom. The second-order valence-corrected chi connectivity index (χ2v) is 5.54. The van der Waals surface area contributed by atoms with Crippen LogP contribution in [0.3, 0.4) is 0 Å². The van der Waals surface area contributed by atoms with Crippen LogP contribution in [0.4, 0.5) is 0 Å². The molecule has 0 unspecified atom stereocenters.